The first kappa shape index (κ1) is 19.8. The van der Waals surface area contributed by atoms with Crippen molar-refractivity contribution in [3.8, 4) is 28.1 Å². The van der Waals surface area contributed by atoms with Crippen LogP contribution in [0.15, 0.2) is 84.9 Å². The van der Waals surface area contributed by atoms with Crippen molar-refractivity contribution >= 4 is 34.8 Å². The van der Waals surface area contributed by atoms with Gasteiger partial charge in [-0.15, -0.1) is 0 Å². The lowest BCUT2D eigenvalue weighted by Gasteiger charge is -2.17. The molecule has 0 spiro atoms. The maximum absolute atomic E-state index is 14.6. The van der Waals surface area contributed by atoms with E-state index >= 15 is 0 Å². The lowest BCUT2D eigenvalue weighted by Crippen LogP contribution is -2.10. The first-order valence-electron chi connectivity index (χ1n) is 9.92. The van der Waals surface area contributed by atoms with Crippen LogP contribution in [0.5, 0.6) is 0 Å². The smallest absolute Gasteiger partial charge is 0.207 e. The predicted molar refractivity (Wildman–Crippen MR) is 129 cm³/mol. The lowest BCUT2D eigenvalue weighted by molar-refractivity contribution is 0.617. The van der Waals surface area contributed by atoms with Crippen LogP contribution in [0.3, 0.4) is 0 Å². The first-order valence-corrected chi connectivity index (χ1v) is 10.3. The van der Waals surface area contributed by atoms with Crippen molar-refractivity contribution in [3.63, 3.8) is 0 Å². The molecule has 32 heavy (non-hydrogen) atoms. The fraction of sp³-hybridized carbons (Fsp3) is 0. The van der Waals surface area contributed by atoms with Gasteiger partial charge in [0.2, 0.25) is 4.77 Å². The Balaban J connectivity index is 1.87. The van der Waals surface area contributed by atoms with Gasteiger partial charge in [-0.05, 0) is 53.7 Å². The lowest BCUT2D eigenvalue weighted by atomic mass is 9.99. The summed E-state index contributed by atoms with van der Waals surface area (Å²) < 4.78 is 16.2. The second kappa shape index (κ2) is 7.86. The molecule has 0 aliphatic rings. The number of rotatable bonds is 3. The van der Waals surface area contributed by atoms with Gasteiger partial charge in [-0.25, -0.2) is 9.37 Å². The fourth-order valence-corrected chi connectivity index (χ4v) is 4.02. The average molecular weight is 440 g/mol. The van der Waals surface area contributed by atoms with Gasteiger partial charge in [-0.3, -0.25) is 4.57 Å². The number of nitrogens with two attached hydrogens (primary N) is 2. The summed E-state index contributed by atoms with van der Waals surface area (Å²) in [6.45, 7) is 0. The molecule has 7 heteroatoms. The van der Waals surface area contributed by atoms with Gasteiger partial charge < -0.3 is 11.5 Å². The predicted octanol–water partition coefficient (Wildman–Crippen LogP) is 5.79. The van der Waals surface area contributed by atoms with Crippen molar-refractivity contribution < 1.29 is 4.39 Å². The average Bonchev–Trinajstić information content (AvgIpc) is 2.80. The molecule has 5 rings (SSSR count). The number of benzene rings is 3. The summed E-state index contributed by atoms with van der Waals surface area (Å²) in [6.07, 6.45) is 0. The van der Waals surface area contributed by atoms with Gasteiger partial charge in [-0.1, -0.05) is 54.6 Å². The molecular weight excluding hydrogens is 421 g/mol. The van der Waals surface area contributed by atoms with E-state index in [1.165, 1.54) is 10.6 Å². The molecule has 0 saturated heterocycles. The SMILES string of the molecule is Nc1ccc(-c2cc(-c3ccccc3)c3c(N)n(-c4ccccc4F)c(=S)nc3n2)cc1. The molecule has 156 valence electrons. The third-order valence-electron chi connectivity index (χ3n) is 5.27. The third-order valence-corrected chi connectivity index (χ3v) is 5.55. The molecule has 4 N–H and O–H groups in total. The fourth-order valence-electron chi connectivity index (χ4n) is 3.73. The van der Waals surface area contributed by atoms with Crippen molar-refractivity contribution in [2.24, 2.45) is 0 Å². The summed E-state index contributed by atoms with van der Waals surface area (Å²) in [4.78, 5) is 9.27. The Morgan fingerprint density at radius 3 is 2.19 bits per heavy atom. The number of hydrogen-bond acceptors (Lipinski definition) is 5. The highest BCUT2D eigenvalue weighted by atomic mass is 32.1. The number of aromatic nitrogens is 3. The Bertz CT molecular complexity index is 1510. The van der Waals surface area contributed by atoms with Crippen LogP contribution in [-0.2, 0) is 0 Å². The van der Waals surface area contributed by atoms with Crippen LogP contribution in [0, 0.1) is 10.6 Å². The Morgan fingerprint density at radius 1 is 0.781 bits per heavy atom. The van der Waals surface area contributed by atoms with Gasteiger partial charge >= 0.3 is 0 Å². The number of nitrogen functional groups attached to an aromatic ring is 2. The van der Waals surface area contributed by atoms with Crippen LogP contribution in [-0.4, -0.2) is 14.5 Å². The highest BCUT2D eigenvalue weighted by Crippen LogP contribution is 2.35. The van der Waals surface area contributed by atoms with E-state index in [-0.39, 0.29) is 16.3 Å². The minimum atomic E-state index is -0.441. The Hall–Kier alpha value is -4.10. The molecular formula is C25H18FN5S. The molecule has 3 aromatic carbocycles. The molecule has 0 radical (unpaired) electrons. The van der Waals surface area contributed by atoms with E-state index in [9.17, 15) is 4.39 Å². The van der Waals surface area contributed by atoms with Crippen LogP contribution >= 0.6 is 12.2 Å². The summed E-state index contributed by atoms with van der Waals surface area (Å²) in [5.74, 6) is -0.163. The van der Waals surface area contributed by atoms with E-state index in [0.29, 0.717) is 22.4 Å². The van der Waals surface area contributed by atoms with Crippen molar-refractivity contribution in [3.05, 3.63) is 95.5 Å². The van der Waals surface area contributed by atoms with Crippen molar-refractivity contribution in [1.29, 1.82) is 0 Å². The second-order valence-electron chi connectivity index (χ2n) is 7.31. The number of hydrogen-bond donors (Lipinski definition) is 2. The van der Waals surface area contributed by atoms with Crippen LogP contribution in [0.2, 0.25) is 0 Å². The first-order chi connectivity index (χ1) is 15.5. The summed E-state index contributed by atoms with van der Waals surface area (Å²) in [7, 11) is 0. The number of nitrogens with zero attached hydrogens (tertiary/aromatic N) is 3. The summed E-state index contributed by atoms with van der Waals surface area (Å²) >= 11 is 5.49. The number of fused-ring (bicyclic) bond motifs is 1. The molecule has 5 aromatic rings. The van der Waals surface area contributed by atoms with Crippen molar-refractivity contribution in [2.75, 3.05) is 11.5 Å². The molecule has 0 bridgehead atoms. The van der Waals surface area contributed by atoms with E-state index in [1.807, 2.05) is 60.7 Å². The van der Waals surface area contributed by atoms with Gasteiger partial charge in [0.05, 0.1) is 16.8 Å². The van der Waals surface area contributed by atoms with Gasteiger partial charge in [-0.2, -0.15) is 4.98 Å². The third kappa shape index (κ3) is 3.38. The zero-order chi connectivity index (χ0) is 22.2. The Labute approximate surface area is 188 Å². The maximum Gasteiger partial charge on any atom is 0.207 e. The molecule has 0 saturated carbocycles. The van der Waals surface area contributed by atoms with Crippen LogP contribution in [0.25, 0.3) is 39.1 Å². The molecule has 0 atom stereocenters. The number of para-hydroxylation sites is 1. The quantitative estimate of drug-likeness (QED) is 0.275. The largest absolute Gasteiger partial charge is 0.399 e. The summed E-state index contributed by atoms with van der Waals surface area (Å²) in [5, 5.41) is 0.604. The molecule has 5 nitrogen and oxygen atoms in total. The standard InChI is InChI=1S/C25H18FN5S/c26-19-8-4-5-9-21(19)31-23(28)22-18(15-6-2-1-3-7-15)14-20(29-24(22)30-25(31)32)16-10-12-17(27)13-11-16/h1-14H,27-28H2. The summed E-state index contributed by atoms with van der Waals surface area (Å²) in [5.41, 5.74) is 17.1. The Kier molecular flexibility index (Phi) is 4.88. The van der Waals surface area contributed by atoms with E-state index in [1.54, 1.807) is 18.2 Å². The number of anilines is 2. The van der Waals surface area contributed by atoms with Gasteiger partial charge in [0.25, 0.3) is 0 Å². The van der Waals surface area contributed by atoms with Crippen LogP contribution < -0.4 is 11.5 Å². The van der Waals surface area contributed by atoms with Crippen molar-refractivity contribution in [2.45, 2.75) is 0 Å². The van der Waals surface area contributed by atoms with Crippen LogP contribution in [0.1, 0.15) is 0 Å². The Morgan fingerprint density at radius 2 is 1.47 bits per heavy atom. The second-order valence-corrected chi connectivity index (χ2v) is 7.67. The minimum absolute atomic E-state index is 0.126. The minimum Gasteiger partial charge on any atom is -0.399 e. The zero-order valence-electron chi connectivity index (χ0n) is 16.9. The topological polar surface area (TPSA) is 82.8 Å². The highest BCUT2D eigenvalue weighted by Gasteiger charge is 2.18. The van der Waals surface area contributed by atoms with Gasteiger partial charge in [0.15, 0.2) is 5.65 Å². The highest BCUT2D eigenvalue weighted by molar-refractivity contribution is 7.71. The van der Waals surface area contributed by atoms with Gasteiger partial charge in [0, 0.05) is 11.3 Å². The van der Waals surface area contributed by atoms with Gasteiger partial charge in [0.1, 0.15) is 11.6 Å². The molecule has 2 heterocycles. The maximum atomic E-state index is 14.6. The van der Waals surface area contributed by atoms with Crippen molar-refractivity contribution in [1.82, 2.24) is 14.5 Å². The van der Waals surface area contributed by atoms with E-state index in [2.05, 4.69) is 4.98 Å². The van der Waals surface area contributed by atoms with E-state index < -0.39 is 5.82 Å². The molecule has 0 aliphatic carbocycles. The molecule has 0 unspecified atom stereocenters. The zero-order valence-corrected chi connectivity index (χ0v) is 17.7. The monoisotopic (exact) mass is 439 g/mol. The molecule has 0 aliphatic heterocycles. The van der Waals surface area contributed by atoms with E-state index in [0.717, 1.165) is 16.7 Å². The summed E-state index contributed by atoms with van der Waals surface area (Å²) in [6, 6.07) is 25.5. The number of pyridine rings is 1. The normalized spacial score (nSPS) is 11.0. The molecule has 2 aromatic heterocycles. The molecule has 0 fully saturated rings. The van der Waals surface area contributed by atoms with E-state index in [4.69, 9.17) is 28.7 Å². The van der Waals surface area contributed by atoms with Crippen LogP contribution in [0.4, 0.5) is 15.9 Å². The molecule has 0 amide bonds. The number of halogens is 1.